The highest BCUT2D eigenvalue weighted by Crippen LogP contribution is 2.33. The molecule has 3 rings (SSSR count). The number of anilines is 1. The van der Waals surface area contributed by atoms with Crippen molar-refractivity contribution in [1.29, 1.82) is 0 Å². The summed E-state index contributed by atoms with van der Waals surface area (Å²) in [5.74, 6) is -1.78. The Morgan fingerprint density at radius 3 is 2.26 bits per heavy atom. The van der Waals surface area contributed by atoms with Gasteiger partial charge in [-0.1, -0.05) is 23.2 Å². The van der Waals surface area contributed by atoms with Gasteiger partial charge in [-0.25, -0.2) is 17.5 Å². The number of benzene rings is 2. The first-order chi connectivity index (χ1) is 16.2. The van der Waals surface area contributed by atoms with Crippen LogP contribution >= 0.6 is 23.2 Å². The molecule has 1 aromatic heterocycles. The number of carbonyl (C=O) groups is 3. The van der Waals surface area contributed by atoms with Gasteiger partial charge < -0.3 is 20.7 Å². The number of hydrogen-bond donors (Lipinski definition) is 3. The Hall–Kier alpha value is -3.28. The van der Waals surface area contributed by atoms with Gasteiger partial charge >= 0.3 is 12.0 Å². The average molecular weight is 541 g/mol. The van der Waals surface area contributed by atoms with Gasteiger partial charge in [-0.3, -0.25) is 9.59 Å². The lowest BCUT2D eigenvalue weighted by Gasteiger charge is -2.35. The highest BCUT2D eigenvalue weighted by atomic mass is 35.5. The molecule has 0 radical (unpaired) electrons. The number of aromatic nitrogens is 1. The zero-order valence-electron chi connectivity index (χ0n) is 18.9. The van der Waals surface area contributed by atoms with Gasteiger partial charge in [0.1, 0.15) is 5.69 Å². The zero-order chi connectivity index (χ0) is 26.3. The van der Waals surface area contributed by atoms with E-state index >= 15 is 0 Å². The molecule has 0 atom stereocenters. The standard InChI is InChI=1S/C22H22Cl2N4O6S/c1-22(2,11-18(29)30)28(21(25)32)35(33,34)13-6-4-12(5-7-13)26-20(31)17-10-14-16(27(17)3)9-8-15(23)19(14)24/h4-10H,11H2,1-3H3,(H2,25,32)(H,26,31)(H,29,30). The lowest BCUT2D eigenvalue weighted by Crippen LogP contribution is -2.54. The molecule has 2 aromatic carbocycles. The summed E-state index contributed by atoms with van der Waals surface area (Å²) in [6.07, 6.45) is -0.649. The normalized spacial score (nSPS) is 11.9. The van der Waals surface area contributed by atoms with E-state index in [1.807, 2.05) is 0 Å². The van der Waals surface area contributed by atoms with Crippen LogP contribution in [0.1, 0.15) is 30.8 Å². The number of aryl methyl sites for hydroxylation is 1. The monoisotopic (exact) mass is 540 g/mol. The molecule has 0 aliphatic rings. The van der Waals surface area contributed by atoms with Crippen molar-refractivity contribution in [2.45, 2.75) is 30.7 Å². The van der Waals surface area contributed by atoms with Crippen molar-refractivity contribution in [1.82, 2.24) is 8.87 Å². The second-order valence-corrected chi connectivity index (χ2v) is 10.9. The number of carboxylic acid groups (broad SMARTS) is 1. The molecule has 0 saturated carbocycles. The first-order valence-corrected chi connectivity index (χ1v) is 12.3. The number of hydrogen-bond acceptors (Lipinski definition) is 5. The molecule has 0 fully saturated rings. The fraction of sp³-hybridized carbons (Fsp3) is 0.227. The largest absolute Gasteiger partial charge is 0.481 e. The van der Waals surface area contributed by atoms with E-state index < -0.39 is 39.9 Å². The van der Waals surface area contributed by atoms with Gasteiger partial charge in [0.05, 0.1) is 26.9 Å². The van der Waals surface area contributed by atoms with Gasteiger partial charge in [0.25, 0.3) is 15.9 Å². The number of halogens is 2. The summed E-state index contributed by atoms with van der Waals surface area (Å²) in [6, 6.07) is 8.65. The maximum atomic E-state index is 13.1. The number of fused-ring (bicyclic) bond motifs is 1. The maximum absolute atomic E-state index is 13.1. The SMILES string of the molecule is Cn1c(C(=O)Nc2ccc(S(=O)(=O)N(C(N)=O)C(C)(C)CC(=O)O)cc2)cc2c(Cl)c(Cl)ccc21. The Morgan fingerprint density at radius 1 is 1.11 bits per heavy atom. The summed E-state index contributed by atoms with van der Waals surface area (Å²) < 4.78 is 28.1. The van der Waals surface area contributed by atoms with E-state index in [4.69, 9.17) is 34.0 Å². The van der Waals surface area contributed by atoms with Crippen molar-refractivity contribution >= 4 is 67.7 Å². The van der Waals surface area contributed by atoms with Crippen LogP contribution in [-0.2, 0) is 21.9 Å². The molecule has 0 aliphatic carbocycles. The molecule has 3 aromatic rings. The predicted molar refractivity (Wildman–Crippen MR) is 132 cm³/mol. The van der Waals surface area contributed by atoms with Crippen LogP contribution in [0.5, 0.6) is 0 Å². The quantitative estimate of drug-likeness (QED) is 0.410. The Morgan fingerprint density at radius 2 is 1.71 bits per heavy atom. The molecular formula is C22H22Cl2N4O6S. The lowest BCUT2D eigenvalue weighted by atomic mass is 10.0. The third-order valence-electron chi connectivity index (χ3n) is 5.33. The van der Waals surface area contributed by atoms with Crippen LogP contribution in [0, 0.1) is 0 Å². The van der Waals surface area contributed by atoms with Gasteiger partial charge in [-0.2, -0.15) is 0 Å². The number of nitrogens with two attached hydrogens (primary N) is 1. The van der Waals surface area contributed by atoms with E-state index in [0.717, 1.165) is 0 Å². The first kappa shape index (κ1) is 26.3. The molecule has 35 heavy (non-hydrogen) atoms. The predicted octanol–water partition coefficient (Wildman–Crippen LogP) is 4.06. The number of carbonyl (C=O) groups excluding carboxylic acids is 2. The van der Waals surface area contributed by atoms with E-state index in [1.54, 1.807) is 29.8 Å². The minimum Gasteiger partial charge on any atom is -0.481 e. The van der Waals surface area contributed by atoms with Gasteiger partial charge in [0.15, 0.2) is 0 Å². The summed E-state index contributed by atoms with van der Waals surface area (Å²) in [5.41, 5.74) is 4.92. The number of aliphatic carboxylic acids is 1. The molecular weight excluding hydrogens is 519 g/mol. The van der Waals surface area contributed by atoms with Gasteiger partial charge in [0, 0.05) is 23.6 Å². The van der Waals surface area contributed by atoms with Crippen molar-refractivity contribution < 1.29 is 27.9 Å². The number of carboxylic acids is 1. The molecule has 13 heteroatoms. The molecule has 3 amide bonds. The Labute approximate surface area is 211 Å². The number of urea groups is 1. The first-order valence-electron chi connectivity index (χ1n) is 10.1. The van der Waals surface area contributed by atoms with E-state index in [2.05, 4.69) is 5.32 Å². The summed E-state index contributed by atoms with van der Waals surface area (Å²) in [7, 11) is -2.79. The molecule has 186 valence electrons. The summed E-state index contributed by atoms with van der Waals surface area (Å²) in [4.78, 5) is 35.7. The summed E-state index contributed by atoms with van der Waals surface area (Å²) >= 11 is 12.3. The van der Waals surface area contributed by atoms with Crippen molar-refractivity contribution in [2.24, 2.45) is 12.8 Å². The molecule has 0 bridgehead atoms. The Kier molecular flexibility index (Phi) is 7.07. The molecule has 10 nitrogen and oxygen atoms in total. The Bertz CT molecular complexity index is 1450. The van der Waals surface area contributed by atoms with E-state index in [-0.39, 0.29) is 16.3 Å². The maximum Gasteiger partial charge on any atom is 0.329 e. The fourth-order valence-electron chi connectivity index (χ4n) is 3.76. The molecule has 0 saturated heterocycles. The zero-order valence-corrected chi connectivity index (χ0v) is 21.2. The lowest BCUT2D eigenvalue weighted by molar-refractivity contribution is -0.138. The third-order valence-corrected chi connectivity index (χ3v) is 8.17. The van der Waals surface area contributed by atoms with Crippen LogP contribution in [-0.4, -0.2) is 45.8 Å². The molecule has 4 N–H and O–H groups in total. The highest BCUT2D eigenvalue weighted by Gasteiger charge is 2.41. The van der Waals surface area contributed by atoms with Crippen molar-refractivity contribution in [3.05, 3.63) is 58.2 Å². The smallest absolute Gasteiger partial charge is 0.329 e. The minimum atomic E-state index is -4.48. The summed E-state index contributed by atoms with van der Waals surface area (Å²) in [5, 5.41) is 13.0. The second kappa shape index (κ2) is 9.40. The van der Waals surface area contributed by atoms with Crippen LogP contribution in [0.15, 0.2) is 47.4 Å². The molecule has 0 spiro atoms. The average Bonchev–Trinajstić information content (AvgIpc) is 3.06. The van der Waals surface area contributed by atoms with E-state index in [1.165, 1.54) is 38.1 Å². The van der Waals surface area contributed by atoms with Crippen LogP contribution in [0.4, 0.5) is 10.5 Å². The molecule has 0 aliphatic heterocycles. The van der Waals surface area contributed by atoms with E-state index in [9.17, 15) is 22.8 Å². The van der Waals surface area contributed by atoms with Crippen molar-refractivity contribution in [2.75, 3.05) is 5.32 Å². The van der Waals surface area contributed by atoms with Gasteiger partial charge in [-0.15, -0.1) is 0 Å². The van der Waals surface area contributed by atoms with Crippen molar-refractivity contribution in [3.63, 3.8) is 0 Å². The topological polar surface area (TPSA) is 152 Å². The number of amides is 3. The number of nitrogens with zero attached hydrogens (tertiary/aromatic N) is 2. The van der Waals surface area contributed by atoms with Crippen molar-refractivity contribution in [3.8, 4) is 0 Å². The van der Waals surface area contributed by atoms with Gasteiger partial charge in [0.2, 0.25) is 0 Å². The number of sulfonamides is 1. The van der Waals surface area contributed by atoms with E-state index in [0.29, 0.717) is 25.3 Å². The van der Waals surface area contributed by atoms with Crippen LogP contribution in [0.25, 0.3) is 10.9 Å². The molecule has 0 unspecified atom stereocenters. The highest BCUT2D eigenvalue weighted by molar-refractivity contribution is 7.89. The second-order valence-electron chi connectivity index (χ2n) is 8.35. The minimum absolute atomic E-state index is 0.277. The number of nitrogens with one attached hydrogen (secondary N) is 1. The third kappa shape index (κ3) is 5.07. The van der Waals surface area contributed by atoms with Crippen LogP contribution in [0.2, 0.25) is 10.0 Å². The van der Waals surface area contributed by atoms with Gasteiger partial charge in [-0.05, 0) is 56.3 Å². The number of primary amides is 1. The van der Waals surface area contributed by atoms with Crippen LogP contribution < -0.4 is 11.1 Å². The fourth-order valence-corrected chi connectivity index (χ4v) is 5.78. The number of rotatable bonds is 7. The summed E-state index contributed by atoms with van der Waals surface area (Å²) in [6.45, 7) is 2.56. The van der Waals surface area contributed by atoms with Crippen LogP contribution in [0.3, 0.4) is 0 Å². The Balaban J connectivity index is 1.89. The molecule has 1 heterocycles.